The third-order valence-electron chi connectivity index (χ3n) is 3.70. The number of aliphatic hydroxyl groups excluding tert-OH is 1. The molecule has 1 amide bonds. The molecular formula is C12H21NO4. The Balaban J connectivity index is 1.71. The van der Waals surface area contributed by atoms with Crippen molar-refractivity contribution in [3.63, 3.8) is 0 Å². The van der Waals surface area contributed by atoms with Crippen LogP contribution in [0.5, 0.6) is 0 Å². The van der Waals surface area contributed by atoms with Gasteiger partial charge in [-0.1, -0.05) is 6.42 Å². The van der Waals surface area contributed by atoms with Gasteiger partial charge in [0.25, 0.3) is 5.91 Å². The fourth-order valence-electron chi connectivity index (χ4n) is 2.61. The molecular weight excluding hydrogens is 222 g/mol. The first-order valence-electron chi connectivity index (χ1n) is 6.39. The Labute approximate surface area is 101 Å². The lowest BCUT2D eigenvalue weighted by Gasteiger charge is -2.24. The molecule has 0 radical (unpaired) electrons. The first kappa shape index (κ1) is 12.8. The summed E-state index contributed by atoms with van der Waals surface area (Å²) in [5, 5.41) is 12.1. The van der Waals surface area contributed by atoms with Crippen LogP contribution in [0, 0.1) is 11.8 Å². The number of hydrogen-bond donors (Lipinski definition) is 2. The summed E-state index contributed by atoms with van der Waals surface area (Å²) in [6.07, 6.45) is 2.85. The molecule has 0 aromatic rings. The maximum Gasteiger partial charge on any atom is 0.251 e. The van der Waals surface area contributed by atoms with Crippen molar-refractivity contribution in [1.82, 2.24) is 5.32 Å². The van der Waals surface area contributed by atoms with Crippen molar-refractivity contribution in [2.75, 3.05) is 33.0 Å². The Morgan fingerprint density at radius 2 is 2.12 bits per heavy atom. The van der Waals surface area contributed by atoms with E-state index >= 15 is 0 Å². The van der Waals surface area contributed by atoms with Crippen LogP contribution < -0.4 is 5.32 Å². The van der Waals surface area contributed by atoms with E-state index in [-0.39, 0.29) is 12.5 Å². The van der Waals surface area contributed by atoms with E-state index in [9.17, 15) is 9.90 Å². The number of ether oxygens (including phenoxy) is 2. The quantitative estimate of drug-likeness (QED) is 0.725. The highest BCUT2D eigenvalue weighted by molar-refractivity contribution is 5.80. The monoisotopic (exact) mass is 243 g/mol. The predicted molar refractivity (Wildman–Crippen MR) is 61.5 cm³/mol. The number of aliphatic hydroxyl groups is 1. The zero-order chi connectivity index (χ0) is 12.1. The van der Waals surface area contributed by atoms with Gasteiger partial charge in [0.15, 0.2) is 6.10 Å². The maximum atomic E-state index is 11.8. The molecule has 98 valence electrons. The number of rotatable bonds is 4. The molecule has 17 heavy (non-hydrogen) atoms. The molecule has 0 bridgehead atoms. The summed E-state index contributed by atoms with van der Waals surface area (Å²) in [4.78, 5) is 11.8. The molecule has 3 atom stereocenters. The SMILES string of the molecule is O=C(NCC1CCCC1CO)C1COCCO1. The van der Waals surface area contributed by atoms with Gasteiger partial charge in [0.05, 0.1) is 19.8 Å². The van der Waals surface area contributed by atoms with E-state index in [0.717, 1.165) is 19.3 Å². The number of nitrogens with one attached hydrogen (secondary N) is 1. The predicted octanol–water partition coefficient (Wildman–Crippen LogP) is -0.0734. The Bertz CT molecular complexity index is 253. The van der Waals surface area contributed by atoms with Crippen LogP contribution >= 0.6 is 0 Å². The van der Waals surface area contributed by atoms with Crippen LogP contribution in [0.15, 0.2) is 0 Å². The summed E-state index contributed by atoms with van der Waals surface area (Å²) in [5.74, 6) is 0.667. The minimum Gasteiger partial charge on any atom is -0.396 e. The number of carbonyl (C=O) groups is 1. The molecule has 2 N–H and O–H groups in total. The molecule has 1 heterocycles. The van der Waals surface area contributed by atoms with Crippen molar-refractivity contribution in [3.05, 3.63) is 0 Å². The summed E-state index contributed by atoms with van der Waals surface area (Å²) in [6.45, 7) is 2.27. The largest absolute Gasteiger partial charge is 0.396 e. The first-order chi connectivity index (χ1) is 8.31. The molecule has 1 saturated heterocycles. The average Bonchev–Trinajstić information content (AvgIpc) is 2.84. The maximum absolute atomic E-state index is 11.8. The standard InChI is InChI=1S/C12H21NO4/c14-7-10-3-1-2-9(10)6-13-12(15)11-8-16-4-5-17-11/h9-11,14H,1-8H2,(H,13,15). The third-order valence-corrected chi connectivity index (χ3v) is 3.70. The average molecular weight is 243 g/mol. The molecule has 1 aliphatic carbocycles. The number of hydrogen-bond acceptors (Lipinski definition) is 4. The molecule has 0 spiro atoms. The molecule has 2 fully saturated rings. The minimum atomic E-state index is -0.460. The Kier molecular flexibility index (Phi) is 4.76. The molecule has 5 heteroatoms. The van der Waals surface area contributed by atoms with Crippen molar-refractivity contribution in [3.8, 4) is 0 Å². The van der Waals surface area contributed by atoms with Gasteiger partial charge in [-0.25, -0.2) is 0 Å². The van der Waals surface area contributed by atoms with Crippen LogP contribution in [0.4, 0.5) is 0 Å². The molecule has 3 unspecified atom stereocenters. The van der Waals surface area contributed by atoms with Crippen molar-refractivity contribution >= 4 is 5.91 Å². The molecule has 5 nitrogen and oxygen atoms in total. The van der Waals surface area contributed by atoms with Crippen molar-refractivity contribution in [2.45, 2.75) is 25.4 Å². The van der Waals surface area contributed by atoms with E-state index in [1.54, 1.807) is 0 Å². The van der Waals surface area contributed by atoms with Crippen LogP contribution in [0.25, 0.3) is 0 Å². The summed E-state index contributed by atoms with van der Waals surface area (Å²) in [6, 6.07) is 0. The fraction of sp³-hybridized carbons (Fsp3) is 0.917. The summed E-state index contributed by atoms with van der Waals surface area (Å²) in [5.41, 5.74) is 0. The second kappa shape index (κ2) is 6.33. The molecule has 0 aromatic carbocycles. The van der Waals surface area contributed by atoms with Gasteiger partial charge < -0.3 is 19.9 Å². The lowest BCUT2D eigenvalue weighted by atomic mass is 9.97. The van der Waals surface area contributed by atoms with Gasteiger partial charge >= 0.3 is 0 Å². The molecule has 1 aliphatic heterocycles. The van der Waals surface area contributed by atoms with Gasteiger partial charge in [-0.15, -0.1) is 0 Å². The Morgan fingerprint density at radius 3 is 2.82 bits per heavy atom. The molecule has 1 saturated carbocycles. The second-order valence-corrected chi connectivity index (χ2v) is 4.81. The summed E-state index contributed by atoms with van der Waals surface area (Å²) >= 11 is 0. The second-order valence-electron chi connectivity index (χ2n) is 4.81. The van der Waals surface area contributed by atoms with Gasteiger partial charge in [0, 0.05) is 13.2 Å². The number of carbonyl (C=O) groups excluding carboxylic acids is 1. The Hall–Kier alpha value is -0.650. The zero-order valence-electron chi connectivity index (χ0n) is 10.1. The summed E-state index contributed by atoms with van der Waals surface area (Å²) < 4.78 is 10.5. The third kappa shape index (κ3) is 3.40. The van der Waals surface area contributed by atoms with E-state index in [1.165, 1.54) is 0 Å². The van der Waals surface area contributed by atoms with Crippen LogP contribution in [0.2, 0.25) is 0 Å². The van der Waals surface area contributed by atoms with Gasteiger partial charge in [0.2, 0.25) is 0 Å². The smallest absolute Gasteiger partial charge is 0.251 e. The van der Waals surface area contributed by atoms with Crippen LogP contribution in [-0.4, -0.2) is 50.1 Å². The van der Waals surface area contributed by atoms with Gasteiger partial charge in [0.1, 0.15) is 0 Å². The normalized spacial score (nSPS) is 33.6. The first-order valence-corrected chi connectivity index (χ1v) is 6.39. The lowest BCUT2D eigenvalue weighted by molar-refractivity contribution is -0.147. The van der Waals surface area contributed by atoms with Gasteiger partial charge in [-0.3, -0.25) is 4.79 Å². The highest BCUT2D eigenvalue weighted by atomic mass is 16.6. The zero-order valence-corrected chi connectivity index (χ0v) is 10.1. The fourth-order valence-corrected chi connectivity index (χ4v) is 2.61. The van der Waals surface area contributed by atoms with E-state index in [1.807, 2.05) is 0 Å². The van der Waals surface area contributed by atoms with E-state index in [2.05, 4.69) is 5.32 Å². The van der Waals surface area contributed by atoms with Crippen molar-refractivity contribution in [1.29, 1.82) is 0 Å². The minimum absolute atomic E-state index is 0.0895. The summed E-state index contributed by atoms with van der Waals surface area (Å²) in [7, 11) is 0. The number of amides is 1. The van der Waals surface area contributed by atoms with Crippen LogP contribution in [-0.2, 0) is 14.3 Å². The lowest BCUT2D eigenvalue weighted by Crippen LogP contribution is -2.44. The highest BCUT2D eigenvalue weighted by Crippen LogP contribution is 2.30. The van der Waals surface area contributed by atoms with E-state index in [4.69, 9.17) is 9.47 Å². The van der Waals surface area contributed by atoms with Crippen LogP contribution in [0.1, 0.15) is 19.3 Å². The van der Waals surface area contributed by atoms with E-state index in [0.29, 0.717) is 38.2 Å². The van der Waals surface area contributed by atoms with Crippen molar-refractivity contribution < 1.29 is 19.4 Å². The topological polar surface area (TPSA) is 67.8 Å². The van der Waals surface area contributed by atoms with Gasteiger partial charge in [-0.05, 0) is 24.7 Å². The van der Waals surface area contributed by atoms with Gasteiger partial charge in [-0.2, -0.15) is 0 Å². The highest BCUT2D eigenvalue weighted by Gasteiger charge is 2.28. The van der Waals surface area contributed by atoms with Crippen molar-refractivity contribution in [2.24, 2.45) is 11.8 Å². The molecule has 2 aliphatic rings. The Morgan fingerprint density at radius 1 is 1.29 bits per heavy atom. The van der Waals surface area contributed by atoms with E-state index < -0.39 is 6.10 Å². The molecule has 2 rings (SSSR count). The molecule has 0 aromatic heterocycles. The van der Waals surface area contributed by atoms with Crippen LogP contribution in [0.3, 0.4) is 0 Å².